The fourth-order valence-corrected chi connectivity index (χ4v) is 7.66. The third-order valence-corrected chi connectivity index (χ3v) is 9.54. The van der Waals surface area contributed by atoms with Gasteiger partial charge in [-0.1, -0.05) is 32.1 Å². The van der Waals surface area contributed by atoms with Crippen molar-refractivity contribution >= 4 is 11.5 Å². The summed E-state index contributed by atoms with van der Waals surface area (Å²) >= 11 is 0. The summed E-state index contributed by atoms with van der Waals surface area (Å²) in [6.07, 6.45) is 12.7. The molecule has 2 bridgehead atoms. The van der Waals surface area contributed by atoms with Crippen LogP contribution in [0.5, 0.6) is 11.5 Å². The average molecular weight is 523 g/mol. The third kappa shape index (κ3) is 5.49. The highest BCUT2D eigenvalue weighted by atomic mass is 16.5. The van der Waals surface area contributed by atoms with Crippen molar-refractivity contribution in [1.82, 2.24) is 9.80 Å². The van der Waals surface area contributed by atoms with E-state index in [1.54, 1.807) is 0 Å². The summed E-state index contributed by atoms with van der Waals surface area (Å²) in [6, 6.07) is 4.42. The zero-order chi connectivity index (χ0) is 26.1. The van der Waals surface area contributed by atoms with Gasteiger partial charge in [0.2, 0.25) is 0 Å². The fraction of sp³-hybridized carbons (Fsp3) is 0.719. The Labute approximate surface area is 228 Å². The molecule has 6 nitrogen and oxygen atoms in total. The quantitative estimate of drug-likeness (QED) is 0.301. The SMILES string of the molecule is CC1(C)Oc2cc(CCCC3CCCC3)cc(OC(=O)CCCN3CCOCC3)c2C2=C1N1CCC2CC1. The number of aryl methyl sites for hydroxylation is 1. The Kier molecular flexibility index (Phi) is 7.72. The Morgan fingerprint density at radius 1 is 1.03 bits per heavy atom. The summed E-state index contributed by atoms with van der Waals surface area (Å²) < 4.78 is 18.4. The number of carbonyl (C=O) groups is 1. The van der Waals surface area contributed by atoms with Gasteiger partial charge in [-0.2, -0.15) is 0 Å². The van der Waals surface area contributed by atoms with Crippen LogP contribution in [0.1, 0.15) is 89.2 Å². The van der Waals surface area contributed by atoms with Crippen LogP contribution in [-0.4, -0.2) is 67.3 Å². The number of benzene rings is 1. The zero-order valence-electron chi connectivity index (χ0n) is 23.6. The number of esters is 1. The molecule has 5 heterocycles. The van der Waals surface area contributed by atoms with Crippen LogP contribution in [0.15, 0.2) is 17.8 Å². The Morgan fingerprint density at radius 3 is 2.55 bits per heavy atom. The van der Waals surface area contributed by atoms with Gasteiger partial charge in [-0.15, -0.1) is 0 Å². The largest absolute Gasteiger partial charge is 0.481 e. The highest BCUT2D eigenvalue weighted by Crippen LogP contribution is 2.54. The molecule has 1 aromatic carbocycles. The van der Waals surface area contributed by atoms with Crippen molar-refractivity contribution in [3.05, 3.63) is 29.0 Å². The molecule has 0 amide bonds. The molecule has 3 fully saturated rings. The first-order valence-corrected chi connectivity index (χ1v) is 15.3. The van der Waals surface area contributed by atoms with Crippen LogP contribution < -0.4 is 9.47 Å². The van der Waals surface area contributed by atoms with Crippen LogP contribution in [0, 0.1) is 11.8 Å². The van der Waals surface area contributed by atoms with Crippen molar-refractivity contribution in [2.75, 3.05) is 45.9 Å². The maximum Gasteiger partial charge on any atom is 0.311 e. The number of morpholine rings is 1. The first-order valence-electron chi connectivity index (χ1n) is 15.3. The molecule has 0 atom stereocenters. The Balaban J connectivity index is 1.24. The standard InChI is InChI=1S/C32H46N2O4/c1-32(2)31-29(25-12-15-34(31)16-13-25)30-26(37-28(35)11-6-14-33-17-19-36-20-18-33)21-24(22-27(30)38-32)10-5-9-23-7-3-4-8-23/h21-23,25H,3-20H2,1-2H3. The normalized spacial score (nSPS) is 23.4. The van der Waals surface area contributed by atoms with Gasteiger partial charge in [0, 0.05) is 32.6 Å². The minimum atomic E-state index is -0.372. The van der Waals surface area contributed by atoms with Crippen molar-refractivity contribution < 1.29 is 19.0 Å². The molecule has 5 aliphatic heterocycles. The lowest BCUT2D eigenvalue weighted by atomic mass is 9.74. The van der Waals surface area contributed by atoms with Gasteiger partial charge in [0.25, 0.3) is 0 Å². The average Bonchev–Trinajstić information content (AvgIpc) is 3.43. The highest BCUT2D eigenvalue weighted by molar-refractivity contribution is 5.85. The first kappa shape index (κ1) is 26.2. The van der Waals surface area contributed by atoms with E-state index in [0.717, 1.165) is 81.8 Å². The van der Waals surface area contributed by atoms with Gasteiger partial charge in [0.15, 0.2) is 0 Å². The molecular weight excluding hydrogens is 476 g/mol. The van der Waals surface area contributed by atoms with E-state index in [0.29, 0.717) is 12.3 Å². The number of allylic oxidation sites excluding steroid dienone is 1. The van der Waals surface area contributed by atoms with E-state index in [9.17, 15) is 4.79 Å². The van der Waals surface area contributed by atoms with E-state index in [4.69, 9.17) is 14.2 Å². The number of ether oxygens (including phenoxy) is 3. The molecular formula is C32H46N2O4. The molecule has 6 aliphatic rings. The van der Waals surface area contributed by atoms with Crippen LogP contribution in [0.4, 0.5) is 0 Å². The van der Waals surface area contributed by atoms with E-state index >= 15 is 0 Å². The minimum absolute atomic E-state index is 0.128. The molecule has 0 spiro atoms. The number of fused-ring (bicyclic) bond motifs is 3. The van der Waals surface area contributed by atoms with Gasteiger partial charge >= 0.3 is 5.97 Å². The summed E-state index contributed by atoms with van der Waals surface area (Å²) in [7, 11) is 0. The number of rotatable bonds is 9. The molecule has 1 aromatic rings. The molecule has 1 aliphatic carbocycles. The van der Waals surface area contributed by atoms with Crippen LogP contribution in [0.3, 0.4) is 0 Å². The summed E-state index contributed by atoms with van der Waals surface area (Å²) in [5.74, 6) is 2.93. The lowest BCUT2D eigenvalue weighted by Gasteiger charge is -2.51. The predicted octanol–water partition coefficient (Wildman–Crippen LogP) is 5.83. The molecule has 208 valence electrons. The van der Waals surface area contributed by atoms with Gasteiger partial charge in [-0.05, 0) is 87.6 Å². The molecule has 0 aromatic heterocycles. The molecule has 2 saturated heterocycles. The number of nitrogens with zero attached hydrogens (tertiary/aromatic N) is 2. The van der Waals surface area contributed by atoms with Crippen molar-refractivity contribution in [3.63, 3.8) is 0 Å². The highest BCUT2D eigenvalue weighted by Gasteiger charge is 2.46. The number of carbonyl (C=O) groups excluding carboxylic acids is 1. The van der Waals surface area contributed by atoms with Crippen molar-refractivity contribution in [2.45, 2.75) is 90.1 Å². The van der Waals surface area contributed by atoms with Gasteiger partial charge in [0.1, 0.15) is 17.1 Å². The second-order valence-electron chi connectivity index (χ2n) is 12.7. The molecule has 0 radical (unpaired) electrons. The monoisotopic (exact) mass is 522 g/mol. The molecule has 7 rings (SSSR count). The Morgan fingerprint density at radius 2 is 1.79 bits per heavy atom. The van der Waals surface area contributed by atoms with E-state index in [2.05, 4.69) is 35.8 Å². The second kappa shape index (κ2) is 11.2. The molecule has 0 N–H and O–H groups in total. The topological polar surface area (TPSA) is 51.2 Å². The molecule has 0 unspecified atom stereocenters. The first-order chi connectivity index (χ1) is 18.5. The van der Waals surface area contributed by atoms with Gasteiger partial charge in [-0.25, -0.2) is 0 Å². The smallest absolute Gasteiger partial charge is 0.311 e. The van der Waals surface area contributed by atoms with Crippen molar-refractivity contribution in [2.24, 2.45) is 11.8 Å². The Hall–Kier alpha value is -2.05. The summed E-state index contributed by atoms with van der Waals surface area (Å²) in [6.45, 7) is 11.0. The van der Waals surface area contributed by atoms with E-state index < -0.39 is 0 Å². The van der Waals surface area contributed by atoms with Crippen LogP contribution in [0.2, 0.25) is 0 Å². The molecule has 1 saturated carbocycles. The molecule has 6 heteroatoms. The Bertz CT molecular complexity index is 1040. The van der Waals surface area contributed by atoms with Gasteiger partial charge < -0.3 is 19.1 Å². The third-order valence-electron chi connectivity index (χ3n) is 9.54. The van der Waals surface area contributed by atoms with E-state index in [1.807, 2.05) is 0 Å². The summed E-state index contributed by atoms with van der Waals surface area (Å²) in [5.41, 5.74) is 4.60. The van der Waals surface area contributed by atoms with Crippen LogP contribution >= 0.6 is 0 Å². The predicted molar refractivity (Wildman–Crippen MR) is 149 cm³/mol. The van der Waals surface area contributed by atoms with Crippen LogP contribution in [-0.2, 0) is 16.0 Å². The molecule has 38 heavy (non-hydrogen) atoms. The van der Waals surface area contributed by atoms with Gasteiger partial charge in [-0.3, -0.25) is 9.69 Å². The maximum atomic E-state index is 13.2. The lowest BCUT2D eigenvalue weighted by Crippen LogP contribution is -2.51. The van der Waals surface area contributed by atoms with E-state index in [1.165, 1.54) is 68.2 Å². The fourth-order valence-electron chi connectivity index (χ4n) is 7.66. The zero-order valence-corrected chi connectivity index (χ0v) is 23.6. The minimum Gasteiger partial charge on any atom is -0.481 e. The lowest BCUT2D eigenvalue weighted by molar-refractivity contribution is -0.134. The number of hydrogen-bond acceptors (Lipinski definition) is 6. The maximum absolute atomic E-state index is 13.2. The number of piperidine rings is 1. The summed E-state index contributed by atoms with van der Waals surface area (Å²) in [4.78, 5) is 18.0. The van der Waals surface area contributed by atoms with E-state index in [-0.39, 0.29) is 11.6 Å². The number of hydrogen-bond donors (Lipinski definition) is 0. The van der Waals surface area contributed by atoms with Crippen LogP contribution in [0.25, 0.3) is 5.57 Å². The van der Waals surface area contributed by atoms with Gasteiger partial charge in [0.05, 0.1) is 24.5 Å². The summed E-state index contributed by atoms with van der Waals surface area (Å²) in [5, 5.41) is 0. The van der Waals surface area contributed by atoms with Crippen molar-refractivity contribution in [1.29, 1.82) is 0 Å². The van der Waals surface area contributed by atoms with Crippen molar-refractivity contribution in [3.8, 4) is 11.5 Å². The second-order valence-corrected chi connectivity index (χ2v) is 12.7.